The van der Waals surface area contributed by atoms with Crippen LogP contribution >= 0.6 is 0 Å². The summed E-state index contributed by atoms with van der Waals surface area (Å²) in [7, 11) is 0. The lowest BCUT2D eigenvalue weighted by Gasteiger charge is -2.10. The Balaban J connectivity index is 2.34. The van der Waals surface area contributed by atoms with Crippen LogP contribution in [0.15, 0.2) is 30.3 Å². The van der Waals surface area contributed by atoms with Gasteiger partial charge in [0.15, 0.2) is 0 Å². The largest absolute Gasteiger partial charge is 0.239 e. The molecule has 2 rings (SSSR count). The fraction of sp³-hybridized carbons (Fsp3) is 0.375. The van der Waals surface area contributed by atoms with Crippen LogP contribution in [0.4, 0.5) is 0 Å². The van der Waals surface area contributed by atoms with Crippen LogP contribution in [0.1, 0.15) is 43.3 Å². The van der Waals surface area contributed by atoms with Gasteiger partial charge in [-0.2, -0.15) is 0 Å². The molecule has 0 saturated heterocycles. The molecule has 0 saturated carbocycles. The summed E-state index contributed by atoms with van der Waals surface area (Å²) in [6.45, 7) is 8.42. The highest BCUT2D eigenvalue weighted by molar-refractivity contribution is 5.59. The molecule has 0 aliphatic heterocycles. The highest BCUT2D eigenvalue weighted by Gasteiger charge is 2.05. The number of nitrogens with zero attached hydrogens (tertiary/aromatic N) is 2. The van der Waals surface area contributed by atoms with Gasteiger partial charge in [-0.15, -0.1) is 0 Å². The standard InChI is InChI=1S/C16H20N2/c1-5-11(2)14-6-8-15(9-7-14)16-10-12(3)17-13(4)18-16/h6-11H,5H2,1-4H3. The lowest BCUT2D eigenvalue weighted by atomic mass is 9.97. The molecule has 0 radical (unpaired) electrons. The summed E-state index contributed by atoms with van der Waals surface area (Å²) in [5, 5.41) is 0. The Morgan fingerprint density at radius 1 is 1.06 bits per heavy atom. The predicted molar refractivity (Wildman–Crippen MR) is 75.6 cm³/mol. The van der Waals surface area contributed by atoms with Gasteiger partial charge in [-0.1, -0.05) is 38.1 Å². The van der Waals surface area contributed by atoms with Gasteiger partial charge in [0.05, 0.1) is 5.69 Å². The molecule has 94 valence electrons. The maximum atomic E-state index is 4.49. The van der Waals surface area contributed by atoms with E-state index in [1.165, 1.54) is 12.0 Å². The van der Waals surface area contributed by atoms with Gasteiger partial charge in [0.2, 0.25) is 0 Å². The SMILES string of the molecule is CCC(C)c1ccc(-c2cc(C)nc(C)n2)cc1. The smallest absolute Gasteiger partial charge is 0.126 e. The van der Waals surface area contributed by atoms with Gasteiger partial charge in [0, 0.05) is 11.3 Å². The van der Waals surface area contributed by atoms with Crippen molar-refractivity contribution in [1.29, 1.82) is 0 Å². The second-order valence-corrected chi connectivity index (χ2v) is 4.87. The first-order valence-corrected chi connectivity index (χ1v) is 6.52. The van der Waals surface area contributed by atoms with Crippen LogP contribution in [0.25, 0.3) is 11.3 Å². The number of aryl methyl sites for hydroxylation is 2. The first-order valence-electron chi connectivity index (χ1n) is 6.52. The van der Waals surface area contributed by atoms with Gasteiger partial charge in [0.25, 0.3) is 0 Å². The van der Waals surface area contributed by atoms with Gasteiger partial charge < -0.3 is 0 Å². The lowest BCUT2D eigenvalue weighted by Crippen LogP contribution is -1.95. The van der Waals surface area contributed by atoms with Crippen LogP contribution in [-0.4, -0.2) is 9.97 Å². The molecule has 1 aromatic heterocycles. The summed E-state index contributed by atoms with van der Waals surface area (Å²) in [5.74, 6) is 1.45. The van der Waals surface area contributed by atoms with Crippen molar-refractivity contribution in [3.63, 3.8) is 0 Å². The van der Waals surface area contributed by atoms with Gasteiger partial charge in [-0.25, -0.2) is 9.97 Å². The number of rotatable bonds is 3. The second kappa shape index (κ2) is 5.30. The van der Waals surface area contributed by atoms with Crippen molar-refractivity contribution in [2.45, 2.75) is 40.0 Å². The number of benzene rings is 1. The molecule has 0 bridgehead atoms. The second-order valence-electron chi connectivity index (χ2n) is 4.87. The van der Waals surface area contributed by atoms with E-state index < -0.39 is 0 Å². The molecule has 1 unspecified atom stereocenters. The normalized spacial score (nSPS) is 12.4. The van der Waals surface area contributed by atoms with Gasteiger partial charge in [-0.05, 0) is 37.8 Å². The molecule has 0 aliphatic rings. The monoisotopic (exact) mass is 240 g/mol. The van der Waals surface area contributed by atoms with E-state index in [1.807, 2.05) is 19.9 Å². The zero-order chi connectivity index (χ0) is 13.1. The van der Waals surface area contributed by atoms with Crippen molar-refractivity contribution in [2.75, 3.05) is 0 Å². The zero-order valence-corrected chi connectivity index (χ0v) is 11.6. The van der Waals surface area contributed by atoms with E-state index >= 15 is 0 Å². The highest BCUT2D eigenvalue weighted by atomic mass is 14.9. The molecule has 0 aliphatic carbocycles. The molecule has 0 spiro atoms. The number of aromatic nitrogens is 2. The van der Waals surface area contributed by atoms with Crippen LogP contribution in [0.3, 0.4) is 0 Å². The zero-order valence-electron chi connectivity index (χ0n) is 11.6. The van der Waals surface area contributed by atoms with E-state index in [0.717, 1.165) is 22.8 Å². The molecule has 18 heavy (non-hydrogen) atoms. The summed E-state index contributed by atoms with van der Waals surface area (Å²) in [6, 6.07) is 10.8. The summed E-state index contributed by atoms with van der Waals surface area (Å²) in [6.07, 6.45) is 1.17. The van der Waals surface area contributed by atoms with Crippen molar-refractivity contribution >= 4 is 0 Å². The summed E-state index contributed by atoms with van der Waals surface area (Å²) in [4.78, 5) is 8.80. The van der Waals surface area contributed by atoms with Crippen LogP contribution in [0.5, 0.6) is 0 Å². The molecule has 0 amide bonds. The first kappa shape index (κ1) is 12.7. The Morgan fingerprint density at radius 2 is 1.72 bits per heavy atom. The van der Waals surface area contributed by atoms with E-state index in [-0.39, 0.29) is 0 Å². The predicted octanol–water partition coefficient (Wildman–Crippen LogP) is 4.27. The topological polar surface area (TPSA) is 25.8 Å². The maximum Gasteiger partial charge on any atom is 0.126 e. The van der Waals surface area contributed by atoms with Crippen molar-refractivity contribution in [3.8, 4) is 11.3 Å². The highest BCUT2D eigenvalue weighted by Crippen LogP contribution is 2.23. The molecular weight excluding hydrogens is 220 g/mol. The lowest BCUT2D eigenvalue weighted by molar-refractivity contribution is 0.734. The minimum absolute atomic E-state index is 0.618. The van der Waals surface area contributed by atoms with Crippen LogP contribution < -0.4 is 0 Å². The van der Waals surface area contributed by atoms with Crippen LogP contribution in [0.2, 0.25) is 0 Å². The third kappa shape index (κ3) is 2.76. The summed E-state index contributed by atoms with van der Waals surface area (Å²) >= 11 is 0. The Labute approximate surface area is 109 Å². The minimum atomic E-state index is 0.618. The molecule has 1 aromatic carbocycles. The fourth-order valence-corrected chi connectivity index (χ4v) is 2.08. The molecule has 0 fully saturated rings. The average molecular weight is 240 g/mol. The van der Waals surface area contributed by atoms with Crippen molar-refractivity contribution < 1.29 is 0 Å². The van der Waals surface area contributed by atoms with Gasteiger partial charge in [-0.3, -0.25) is 0 Å². The van der Waals surface area contributed by atoms with Crippen LogP contribution in [0, 0.1) is 13.8 Å². The third-order valence-electron chi connectivity index (χ3n) is 3.35. The first-order chi connectivity index (χ1) is 8.60. The molecule has 2 aromatic rings. The summed E-state index contributed by atoms with van der Waals surface area (Å²) < 4.78 is 0. The average Bonchev–Trinajstić information content (AvgIpc) is 2.37. The third-order valence-corrected chi connectivity index (χ3v) is 3.35. The maximum absolute atomic E-state index is 4.49. The molecule has 1 atom stereocenters. The van der Waals surface area contributed by atoms with Crippen molar-refractivity contribution in [1.82, 2.24) is 9.97 Å². The molecule has 0 N–H and O–H groups in total. The Hall–Kier alpha value is -1.70. The molecule has 2 nitrogen and oxygen atoms in total. The van der Waals surface area contributed by atoms with E-state index in [9.17, 15) is 0 Å². The quantitative estimate of drug-likeness (QED) is 0.800. The summed E-state index contributed by atoms with van der Waals surface area (Å²) in [5.41, 5.74) is 4.58. The fourth-order valence-electron chi connectivity index (χ4n) is 2.08. The minimum Gasteiger partial charge on any atom is -0.239 e. The van der Waals surface area contributed by atoms with E-state index in [1.54, 1.807) is 0 Å². The Kier molecular flexibility index (Phi) is 3.75. The molecule has 2 heteroatoms. The Bertz CT molecular complexity index is 509. The van der Waals surface area contributed by atoms with Crippen molar-refractivity contribution in [2.24, 2.45) is 0 Å². The molecular formula is C16H20N2. The number of hydrogen-bond acceptors (Lipinski definition) is 2. The molecule has 1 heterocycles. The number of hydrogen-bond donors (Lipinski definition) is 0. The van der Waals surface area contributed by atoms with E-state index in [4.69, 9.17) is 0 Å². The van der Waals surface area contributed by atoms with Crippen molar-refractivity contribution in [3.05, 3.63) is 47.4 Å². The van der Waals surface area contributed by atoms with Gasteiger partial charge >= 0.3 is 0 Å². The van der Waals surface area contributed by atoms with E-state index in [2.05, 4.69) is 48.1 Å². The van der Waals surface area contributed by atoms with Gasteiger partial charge in [0.1, 0.15) is 5.82 Å². The van der Waals surface area contributed by atoms with Crippen LogP contribution in [-0.2, 0) is 0 Å². The van der Waals surface area contributed by atoms with E-state index in [0.29, 0.717) is 5.92 Å². The Morgan fingerprint density at radius 3 is 2.28 bits per heavy atom.